The average Bonchev–Trinajstić information content (AvgIpc) is 2.38. The van der Waals surface area contributed by atoms with Gasteiger partial charge in [0, 0.05) is 0 Å². The molecule has 7 heteroatoms. The van der Waals surface area contributed by atoms with Crippen molar-refractivity contribution in [3.05, 3.63) is 12.7 Å². The van der Waals surface area contributed by atoms with Gasteiger partial charge in [0.15, 0.2) is 5.12 Å². The first kappa shape index (κ1) is 23.5. The molecule has 0 saturated heterocycles. The summed E-state index contributed by atoms with van der Waals surface area (Å²) in [5.41, 5.74) is -1.47. The number of hydrogen-bond donors (Lipinski definition) is 1. The fraction of sp³-hybridized carbons (Fsp3) is 0.722. The molecule has 0 aromatic heterocycles. The lowest BCUT2D eigenvalue weighted by Gasteiger charge is -2.29. The minimum Gasteiger partial charge on any atom is -0.458 e. The summed E-state index contributed by atoms with van der Waals surface area (Å²) in [4.78, 5) is 37.2. The van der Waals surface area contributed by atoms with Crippen molar-refractivity contribution in [2.45, 2.75) is 72.1 Å². The first-order valence-electron chi connectivity index (χ1n) is 8.30. The van der Waals surface area contributed by atoms with Gasteiger partial charge in [-0.05, 0) is 53.7 Å². The molecule has 0 aromatic rings. The van der Waals surface area contributed by atoms with E-state index in [0.29, 0.717) is 5.75 Å². The average molecular weight is 374 g/mol. The van der Waals surface area contributed by atoms with Crippen molar-refractivity contribution in [3.8, 4) is 0 Å². The van der Waals surface area contributed by atoms with Crippen LogP contribution in [0.1, 0.15) is 54.9 Å². The third-order valence-electron chi connectivity index (χ3n) is 2.75. The fourth-order valence-electron chi connectivity index (χ4n) is 1.92. The second-order valence-electron chi connectivity index (χ2n) is 7.54. The summed E-state index contributed by atoms with van der Waals surface area (Å²) in [6.07, 6.45) is 1.02. The van der Waals surface area contributed by atoms with Crippen LogP contribution in [-0.2, 0) is 19.1 Å². The standard InChI is InChI=1S/C18H31NO5S/c1-9-11-12(15(21)25-10-2)13(14(20)23-17(3,4)5)19-16(22)24-18(6,7)8/h9,12-13H,1,10-11H2,2-8H3,(H,19,22)/t12-,13+/m1/s1. The van der Waals surface area contributed by atoms with E-state index in [0.717, 1.165) is 11.8 Å². The molecule has 0 aromatic carbocycles. The molecule has 0 heterocycles. The summed E-state index contributed by atoms with van der Waals surface area (Å²) in [7, 11) is 0. The van der Waals surface area contributed by atoms with Gasteiger partial charge in [0.1, 0.15) is 17.2 Å². The van der Waals surface area contributed by atoms with E-state index in [2.05, 4.69) is 11.9 Å². The zero-order valence-electron chi connectivity index (χ0n) is 16.3. The normalized spacial score (nSPS) is 14.2. The van der Waals surface area contributed by atoms with Crippen LogP contribution >= 0.6 is 11.8 Å². The lowest BCUT2D eigenvalue weighted by atomic mass is 9.97. The molecule has 0 bridgehead atoms. The summed E-state index contributed by atoms with van der Waals surface area (Å²) in [6, 6.07) is -1.14. The van der Waals surface area contributed by atoms with Crippen molar-refractivity contribution in [2.75, 3.05) is 5.75 Å². The molecule has 0 saturated carbocycles. The number of rotatable bonds is 7. The van der Waals surface area contributed by atoms with E-state index in [1.54, 1.807) is 47.6 Å². The molecule has 2 atom stereocenters. The van der Waals surface area contributed by atoms with Gasteiger partial charge in [0.2, 0.25) is 0 Å². The molecule has 0 unspecified atom stereocenters. The van der Waals surface area contributed by atoms with Crippen LogP contribution < -0.4 is 5.32 Å². The number of allylic oxidation sites excluding steroid dienone is 1. The molecule has 1 N–H and O–H groups in total. The highest BCUT2D eigenvalue weighted by molar-refractivity contribution is 8.13. The predicted molar refractivity (Wildman–Crippen MR) is 100 cm³/mol. The van der Waals surface area contributed by atoms with E-state index in [4.69, 9.17) is 9.47 Å². The largest absolute Gasteiger partial charge is 0.458 e. The van der Waals surface area contributed by atoms with Gasteiger partial charge in [-0.1, -0.05) is 24.8 Å². The molecule has 1 amide bonds. The van der Waals surface area contributed by atoms with Crippen molar-refractivity contribution < 1.29 is 23.9 Å². The monoisotopic (exact) mass is 373 g/mol. The lowest BCUT2D eigenvalue weighted by molar-refractivity contribution is -0.159. The Labute approximate surface area is 155 Å². The molecule has 144 valence electrons. The van der Waals surface area contributed by atoms with Crippen LogP contribution in [0.2, 0.25) is 0 Å². The quantitative estimate of drug-likeness (QED) is 0.541. The number of carbonyl (C=O) groups excluding carboxylic acids is 3. The molecular weight excluding hydrogens is 342 g/mol. The van der Waals surface area contributed by atoms with Crippen LogP contribution in [0.25, 0.3) is 0 Å². The van der Waals surface area contributed by atoms with E-state index in [-0.39, 0.29) is 11.5 Å². The lowest BCUT2D eigenvalue weighted by Crippen LogP contribution is -2.51. The molecule has 0 aliphatic rings. The molecule has 0 rings (SSSR count). The number of thioether (sulfide) groups is 1. The Hall–Kier alpha value is -1.50. The Balaban J connectivity index is 5.53. The van der Waals surface area contributed by atoms with Crippen molar-refractivity contribution in [3.63, 3.8) is 0 Å². The first-order chi connectivity index (χ1) is 11.3. The van der Waals surface area contributed by atoms with Gasteiger partial charge < -0.3 is 14.8 Å². The van der Waals surface area contributed by atoms with Crippen LogP contribution in [-0.4, -0.2) is 40.2 Å². The number of alkyl carbamates (subject to hydrolysis) is 1. The zero-order valence-corrected chi connectivity index (χ0v) is 17.1. The Kier molecular flexibility index (Phi) is 9.26. The Morgan fingerprint density at radius 3 is 2.00 bits per heavy atom. The van der Waals surface area contributed by atoms with Crippen LogP contribution in [0.4, 0.5) is 4.79 Å². The van der Waals surface area contributed by atoms with E-state index >= 15 is 0 Å². The van der Waals surface area contributed by atoms with Gasteiger partial charge in [-0.3, -0.25) is 4.79 Å². The van der Waals surface area contributed by atoms with Crippen LogP contribution in [0.3, 0.4) is 0 Å². The highest BCUT2D eigenvalue weighted by Gasteiger charge is 2.38. The van der Waals surface area contributed by atoms with Crippen molar-refractivity contribution >= 4 is 28.9 Å². The molecule has 0 radical (unpaired) electrons. The minimum atomic E-state index is -1.14. The summed E-state index contributed by atoms with van der Waals surface area (Å²) in [5, 5.41) is 2.30. The molecule has 0 spiro atoms. The van der Waals surface area contributed by atoms with Crippen molar-refractivity contribution in [2.24, 2.45) is 5.92 Å². The second kappa shape index (κ2) is 9.85. The molecule has 0 fully saturated rings. The Morgan fingerprint density at radius 2 is 1.60 bits per heavy atom. The first-order valence-corrected chi connectivity index (χ1v) is 9.29. The van der Waals surface area contributed by atoms with E-state index in [9.17, 15) is 14.4 Å². The number of esters is 1. The maximum absolute atomic E-state index is 12.6. The van der Waals surface area contributed by atoms with Gasteiger partial charge >= 0.3 is 12.1 Å². The highest BCUT2D eigenvalue weighted by atomic mass is 32.2. The van der Waals surface area contributed by atoms with Crippen molar-refractivity contribution in [1.29, 1.82) is 0 Å². The number of ether oxygens (including phenoxy) is 2. The third kappa shape index (κ3) is 10.2. The van der Waals surface area contributed by atoms with Gasteiger partial charge in [0.05, 0.1) is 5.92 Å². The molecule has 0 aliphatic carbocycles. The third-order valence-corrected chi connectivity index (χ3v) is 3.62. The van der Waals surface area contributed by atoms with Gasteiger partial charge in [0.25, 0.3) is 0 Å². The van der Waals surface area contributed by atoms with Crippen LogP contribution in [0, 0.1) is 5.92 Å². The predicted octanol–water partition coefficient (Wildman–Crippen LogP) is 3.69. The number of amides is 1. The number of hydrogen-bond acceptors (Lipinski definition) is 6. The molecule has 6 nitrogen and oxygen atoms in total. The smallest absolute Gasteiger partial charge is 0.408 e. The maximum atomic E-state index is 12.6. The van der Waals surface area contributed by atoms with Gasteiger partial charge in [-0.15, -0.1) is 6.58 Å². The van der Waals surface area contributed by atoms with E-state index in [1.807, 2.05) is 6.92 Å². The molecule has 25 heavy (non-hydrogen) atoms. The molecule has 0 aliphatic heterocycles. The Morgan fingerprint density at radius 1 is 1.08 bits per heavy atom. The topological polar surface area (TPSA) is 81.7 Å². The highest BCUT2D eigenvalue weighted by Crippen LogP contribution is 2.22. The fourth-order valence-corrected chi connectivity index (χ4v) is 2.65. The number of carbonyl (C=O) groups is 3. The van der Waals surface area contributed by atoms with Crippen LogP contribution in [0.5, 0.6) is 0 Å². The second-order valence-corrected chi connectivity index (χ2v) is 8.81. The van der Waals surface area contributed by atoms with Crippen molar-refractivity contribution in [1.82, 2.24) is 5.32 Å². The molecular formula is C18H31NO5S. The van der Waals surface area contributed by atoms with E-state index < -0.39 is 35.2 Å². The van der Waals surface area contributed by atoms with Gasteiger partial charge in [-0.2, -0.15) is 0 Å². The summed E-state index contributed by atoms with van der Waals surface area (Å²) in [6.45, 7) is 15.8. The maximum Gasteiger partial charge on any atom is 0.408 e. The zero-order chi connectivity index (χ0) is 19.8. The number of nitrogens with one attached hydrogen (secondary N) is 1. The minimum absolute atomic E-state index is 0.200. The summed E-state index contributed by atoms with van der Waals surface area (Å²) in [5.74, 6) is -0.875. The SMILES string of the molecule is C=CC[C@@H](C(=O)SCC)[C@H](NC(=O)OC(C)(C)C)C(=O)OC(C)(C)C. The Bertz CT molecular complexity index is 491. The van der Waals surface area contributed by atoms with E-state index in [1.165, 1.54) is 0 Å². The summed E-state index contributed by atoms with van der Waals surface area (Å²) < 4.78 is 10.6. The van der Waals surface area contributed by atoms with Gasteiger partial charge in [-0.25, -0.2) is 9.59 Å². The summed E-state index contributed by atoms with van der Waals surface area (Å²) >= 11 is 1.10. The van der Waals surface area contributed by atoms with Crippen LogP contribution in [0.15, 0.2) is 12.7 Å².